The standard InChI is InChI=1S/C34H52N/c1-3-5-7-9-11-13-15-23-29-35(31-33-25-19-17-20-26-33,32-34-27-21-18-22-28-34)30-24-16-14-12-10-8-6-4-2/h3-6,17-22,25-28H,7-16,23-24,29-32H2,1-2H3/q+1/b5-3+,6-4+. The summed E-state index contributed by atoms with van der Waals surface area (Å²) in [6, 6.07) is 22.5. The van der Waals surface area contributed by atoms with Crippen molar-refractivity contribution in [2.45, 2.75) is 104 Å². The van der Waals surface area contributed by atoms with Gasteiger partial charge >= 0.3 is 0 Å². The first-order valence-electron chi connectivity index (χ1n) is 14.4. The fourth-order valence-electron chi connectivity index (χ4n) is 5.24. The van der Waals surface area contributed by atoms with Crippen molar-refractivity contribution in [3.05, 3.63) is 96.1 Å². The third kappa shape index (κ3) is 13.5. The molecule has 0 saturated heterocycles. The zero-order chi connectivity index (χ0) is 24.9. The van der Waals surface area contributed by atoms with Crippen LogP contribution < -0.4 is 0 Å². The van der Waals surface area contributed by atoms with Gasteiger partial charge in [-0.3, -0.25) is 0 Å². The Hall–Kier alpha value is -2.12. The Bertz CT molecular complexity index is 720. The normalized spacial score (nSPS) is 12.2. The van der Waals surface area contributed by atoms with Gasteiger partial charge in [-0.05, 0) is 65.2 Å². The minimum atomic E-state index is 1.15. The van der Waals surface area contributed by atoms with Crippen LogP contribution in [0.2, 0.25) is 0 Å². The summed E-state index contributed by atoms with van der Waals surface area (Å²) >= 11 is 0. The van der Waals surface area contributed by atoms with Crippen molar-refractivity contribution in [3.8, 4) is 0 Å². The molecule has 2 rings (SSSR count). The molecule has 2 aromatic rings. The summed E-state index contributed by atoms with van der Waals surface area (Å²) in [6.07, 6.45) is 25.0. The van der Waals surface area contributed by atoms with Crippen molar-refractivity contribution in [3.63, 3.8) is 0 Å². The monoisotopic (exact) mass is 474 g/mol. The summed E-state index contributed by atoms with van der Waals surface area (Å²) in [5.74, 6) is 0. The highest BCUT2D eigenvalue weighted by atomic mass is 15.3. The summed E-state index contributed by atoms with van der Waals surface area (Å²) in [5.41, 5.74) is 2.97. The van der Waals surface area contributed by atoms with Crippen molar-refractivity contribution in [1.29, 1.82) is 0 Å². The second kappa shape index (κ2) is 19.1. The molecule has 192 valence electrons. The first-order valence-corrected chi connectivity index (χ1v) is 14.4. The first-order chi connectivity index (χ1) is 17.3. The van der Waals surface area contributed by atoms with Crippen molar-refractivity contribution in [2.75, 3.05) is 13.1 Å². The van der Waals surface area contributed by atoms with Crippen LogP contribution >= 0.6 is 0 Å². The van der Waals surface area contributed by atoms with Crippen LogP contribution in [-0.4, -0.2) is 17.6 Å². The van der Waals surface area contributed by atoms with Crippen LogP contribution in [0.25, 0.3) is 0 Å². The lowest BCUT2D eigenvalue weighted by atomic mass is 10.0. The maximum atomic E-state index is 2.33. The van der Waals surface area contributed by atoms with Gasteiger partial charge in [0.1, 0.15) is 13.1 Å². The van der Waals surface area contributed by atoms with E-state index in [9.17, 15) is 0 Å². The highest BCUT2D eigenvalue weighted by Gasteiger charge is 2.27. The molecule has 0 aromatic heterocycles. The van der Waals surface area contributed by atoms with E-state index in [1.54, 1.807) is 0 Å². The van der Waals surface area contributed by atoms with Crippen molar-refractivity contribution < 1.29 is 4.48 Å². The molecule has 0 unspecified atom stereocenters. The van der Waals surface area contributed by atoms with E-state index in [0.29, 0.717) is 0 Å². The Kier molecular flexibility index (Phi) is 15.9. The van der Waals surface area contributed by atoms with E-state index in [1.807, 2.05) is 0 Å². The van der Waals surface area contributed by atoms with Crippen LogP contribution in [0.5, 0.6) is 0 Å². The summed E-state index contributed by atoms with van der Waals surface area (Å²) in [5, 5.41) is 0. The molecule has 0 atom stereocenters. The summed E-state index contributed by atoms with van der Waals surface area (Å²) in [6.45, 7) is 9.14. The van der Waals surface area contributed by atoms with Crippen LogP contribution in [0.15, 0.2) is 85.0 Å². The van der Waals surface area contributed by atoms with E-state index in [-0.39, 0.29) is 0 Å². The van der Waals surface area contributed by atoms with Gasteiger partial charge in [0.15, 0.2) is 0 Å². The number of hydrogen-bond donors (Lipinski definition) is 0. The van der Waals surface area contributed by atoms with Gasteiger partial charge in [-0.2, -0.15) is 0 Å². The highest BCUT2D eigenvalue weighted by molar-refractivity contribution is 5.15. The molecule has 0 amide bonds. The average molecular weight is 475 g/mol. The maximum Gasteiger partial charge on any atom is 0.105 e. The third-order valence-corrected chi connectivity index (χ3v) is 7.20. The van der Waals surface area contributed by atoms with Crippen molar-refractivity contribution in [2.24, 2.45) is 0 Å². The molecular formula is C34H52N+. The second-order valence-electron chi connectivity index (χ2n) is 10.3. The summed E-state index contributed by atoms with van der Waals surface area (Å²) in [4.78, 5) is 0. The topological polar surface area (TPSA) is 0 Å². The van der Waals surface area contributed by atoms with Crippen molar-refractivity contribution in [1.82, 2.24) is 0 Å². The van der Waals surface area contributed by atoms with Gasteiger partial charge in [0.25, 0.3) is 0 Å². The zero-order valence-electron chi connectivity index (χ0n) is 22.8. The fraction of sp³-hybridized carbons (Fsp3) is 0.529. The Morgan fingerprint density at radius 2 is 0.857 bits per heavy atom. The lowest BCUT2D eigenvalue weighted by Crippen LogP contribution is -2.48. The number of benzene rings is 2. The van der Waals surface area contributed by atoms with Gasteiger partial charge < -0.3 is 4.48 Å². The van der Waals surface area contributed by atoms with Gasteiger partial charge in [-0.1, -0.05) is 111 Å². The quantitative estimate of drug-likeness (QED) is 0.102. The maximum absolute atomic E-state index is 2.33. The predicted molar refractivity (Wildman–Crippen MR) is 155 cm³/mol. The number of quaternary nitrogens is 1. The molecular weight excluding hydrogens is 422 g/mol. The minimum Gasteiger partial charge on any atom is -0.316 e. The van der Waals surface area contributed by atoms with Crippen LogP contribution in [0.1, 0.15) is 102 Å². The Morgan fingerprint density at radius 1 is 0.486 bits per heavy atom. The van der Waals surface area contributed by atoms with Gasteiger partial charge in [-0.25, -0.2) is 0 Å². The van der Waals surface area contributed by atoms with Crippen LogP contribution in [0, 0.1) is 0 Å². The summed E-state index contributed by atoms with van der Waals surface area (Å²) in [7, 11) is 0. The smallest absolute Gasteiger partial charge is 0.105 e. The van der Waals surface area contributed by atoms with Crippen LogP contribution in [-0.2, 0) is 13.1 Å². The van der Waals surface area contributed by atoms with Crippen LogP contribution in [0.3, 0.4) is 0 Å². The Labute approximate surface area is 217 Å². The number of unbranched alkanes of at least 4 members (excludes halogenated alkanes) is 10. The molecule has 0 fully saturated rings. The predicted octanol–water partition coefficient (Wildman–Crippen LogP) is 10.0. The number of nitrogens with zero attached hydrogens (tertiary/aromatic N) is 1. The molecule has 0 heterocycles. The third-order valence-electron chi connectivity index (χ3n) is 7.20. The summed E-state index contributed by atoms with van der Waals surface area (Å²) < 4.78 is 1.20. The number of hydrogen-bond acceptors (Lipinski definition) is 0. The lowest BCUT2D eigenvalue weighted by Gasteiger charge is -2.39. The van der Waals surface area contributed by atoms with Gasteiger partial charge in [-0.15, -0.1) is 0 Å². The molecule has 0 aliphatic carbocycles. The molecule has 0 spiro atoms. The van der Waals surface area contributed by atoms with Gasteiger partial charge in [0.05, 0.1) is 13.1 Å². The minimum absolute atomic E-state index is 1.15. The number of allylic oxidation sites excluding steroid dienone is 4. The van der Waals surface area contributed by atoms with E-state index in [4.69, 9.17) is 0 Å². The van der Waals surface area contributed by atoms with Crippen molar-refractivity contribution >= 4 is 0 Å². The number of rotatable bonds is 20. The molecule has 1 nitrogen and oxygen atoms in total. The molecule has 0 bridgehead atoms. The SMILES string of the molecule is C/C=C/CCCCCCC[N+](CCCCCCC/C=C/C)(Cc1ccccc1)Cc1ccccc1. The zero-order valence-corrected chi connectivity index (χ0v) is 22.8. The molecule has 0 saturated carbocycles. The van der Waals surface area contributed by atoms with E-state index in [2.05, 4.69) is 98.8 Å². The largest absolute Gasteiger partial charge is 0.316 e. The van der Waals surface area contributed by atoms with E-state index in [1.165, 1.54) is 106 Å². The van der Waals surface area contributed by atoms with E-state index >= 15 is 0 Å². The molecule has 0 aliphatic heterocycles. The average Bonchev–Trinajstić information content (AvgIpc) is 2.88. The van der Waals surface area contributed by atoms with Gasteiger partial charge in [0, 0.05) is 11.1 Å². The molecule has 0 radical (unpaired) electrons. The first kappa shape index (κ1) is 29.1. The van der Waals surface area contributed by atoms with E-state index < -0.39 is 0 Å². The van der Waals surface area contributed by atoms with E-state index in [0.717, 1.165) is 13.1 Å². The highest BCUT2D eigenvalue weighted by Crippen LogP contribution is 2.24. The lowest BCUT2D eigenvalue weighted by molar-refractivity contribution is -0.954. The molecule has 35 heavy (non-hydrogen) atoms. The Morgan fingerprint density at radius 3 is 1.26 bits per heavy atom. The fourth-order valence-corrected chi connectivity index (χ4v) is 5.24. The molecule has 0 aliphatic rings. The second-order valence-corrected chi connectivity index (χ2v) is 10.3. The Balaban J connectivity index is 2.00. The molecule has 1 heteroatoms. The van der Waals surface area contributed by atoms with Crippen LogP contribution in [0.4, 0.5) is 0 Å². The molecule has 0 N–H and O–H groups in total. The van der Waals surface area contributed by atoms with Gasteiger partial charge in [0.2, 0.25) is 0 Å². The molecule has 2 aromatic carbocycles.